The number of hydrogen-bond donors (Lipinski definition) is 8. The fraction of sp³-hybridized carbons (Fsp3) is 0.917. The number of esters is 1. The highest BCUT2D eigenvalue weighted by Gasteiger charge is 2.70. The summed E-state index contributed by atoms with van der Waals surface area (Å²) in [5.74, 6) is -1.06. The van der Waals surface area contributed by atoms with E-state index < -0.39 is 109 Å². The van der Waals surface area contributed by atoms with Crippen LogP contribution < -0.4 is 0 Å². The van der Waals surface area contributed by atoms with Crippen LogP contribution in [0.5, 0.6) is 0 Å². The Morgan fingerprint density at radius 2 is 1.42 bits per heavy atom. The fourth-order valence-corrected chi connectivity index (χ4v) is 14.8. The van der Waals surface area contributed by atoms with Crippen molar-refractivity contribution in [3.8, 4) is 0 Å². The van der Waals surface area contributed by atoms with Crippen molar-refractivity contribution in [3.63, 3.8) is 0 Å². The second kappa shape index (κ2) is 17.5. The van der Waals surface area contributed by atoms with E-state index >= 15 is 0 Å². The zero-order valence-electron chi connectivity index (χ0n) is 39.3. The van der Waals surface area contributed by atoms with Crippen LogP contribution in [0.25, 0.3) is 0 Å². The first-order valence-electron chi connectivity index (χ1n) is 24.0. The predicted molar refractivity (Wildman–Crippen MR) is 228 cm³/mol. The minimum atomic E-state index is -1.76. The molecule has 8 rings (SSSR count). The Labute approximate surface area is 382 Å². The van der Waals surface area contributed by atoms with Crippen molar-refractivity contribution in [2.45, 2.75) is 206 Å². The highest BCUT2D eigenvalue weighted by Crippen LogP contribution is 2.76. The number of aliphatic hydroxyl groups is 7. The van der Waals surface area contributed by atoms with Crippen molar-refractivity contribution in [2.24, 2.45) is 50.2 Å². The van der Waals surface area contributed by atoms with E-state index in [1.807, 2.05) is 0 Å². The molecule has 8 aliphatic rings. The van der Waals surface area contributed by atoms with Gasteiger partial charge >= 0.3 is 11.9 Å². The lowest BCUT2D eigenvalue weighted by molar-refractivity contribution is -0.379. The quantitative estimate of drug-likeness (QED) is 0.0939. The third-order valence-corrected chi connectivity index (χ3v) is 19.0. The molecule has 370 valence electrons. The van der Waals surface area contributed by atoms with Crippen LogP contribution in [-0.4, -0.2) is 159 Å². The maximum atomic E-state index is 13.1. The number of carbonyl (C=O) groups excluding carboxylic acids is 1. The lowest BCUT2D eigenvalue weighted by atomic mass is 9.33. The number of carbonyl (C=O) groups is 2. The van der Waals surface area contributed by atoms with Gasteiger partial charge in [-0.2, -0.15) is 0 Å². The first-order valence-corrected chi connectivity index (χ1v) is 24.0. The van der Waals surface area contributed by atoms with Crippen molar-refractivity contribution in [3.05, 3.63) is 11.6 Å². The number of aliphatic carboxylic acids is 1. The van der Waals surface area contributed by atoms with Gasteiger partial charge < -0.3 is 74.0 Å². The molecule has 0 radical (unpaired) electrons. The van der Waals surface area contributed by atoms with Gasteiger partial charge in [0.1, 0.15) is 48.8 Å². The van der Waals surface area contributed by atoms with Gasteiger partial charge in [-0.15, -0.1) is 0 Å². The molecule has 4 saturated carbocycles. The molecule has 0 aromatic carbocycles. The van der Waals surface area contributed by atoms with E-state index in [-0.39, 0.29) is 59.2 Å². The van der Waals surface area contributed by atoms with E-state index in [4.69, 9.17) is 33.2 Å². The SMILES string of the molecule is CC(=O)O[C@@H]1CO[C@@H](O[C@@H]2[C@@H](O)[C@H](C)O[C@@H](O[C@H]3[C@H](O[C@@H]4CC[C@]5(C)[C@H](CC[C@]6(C)[C@@H]5CC=C5[C@H]7CC(C)(C)CC[C@]7(C(=O)O)CC[C@]56C)[C@]4(C)CO)OC[C@H](O)[C@@H]3O)[C@@H]2O)[C@H](O)[C@H]1O. The van der Waals surface area contributed by atoms with Gasteiger partial charge in [0.15, 0.2) is 25.0 Å². The van der Waals surface area contributed by atoms with Crippen LogP contribution in [0.2, 0.25) is 0 Å². The van der Waals surface area contributed by atoms with E-state index in [0.29, 0.717) is 19.3 Å². The van der Waals surface area contributed by atoms with Crippen molar-refractivity contribution >= 4 is 11.9 Å². The highest BCUT2D eigenvalue weighted by molar-refractivity contribution is 5.76. The fourth-order valence-electron chi connectivity index (χ4n) is 14.8. The largest absolute Gasteiger partial charge is 0.481 e. The maximum Gasteiger partial charge on any atom is 0.310 e. The number of hydrogen-bond acceptors (Lipinski definition) is 16. The summed E-state index contributed by atoms with van der Waals surface area (Å²) >= 11 is 0. The Kier molecular flexibility index (Phi) is 13.4. The summed E-state index contributed by atoms with van der Waals surface area (Å²) in [6.07, 6.45) is -9.35. The molecule has 0 spiro atoms. The third kappa shape index (κ3) is 7.96. The molecule has 0 bridgehead atoms. The molecule has 17 nitrogen and oxygen atoms in total. The van der Waals surface area contributed by atoms with Crippen LogP contribution in [0.3, 0.4) is 0 Å². The number of carboxylic acid groups (broad SMARTS) is 1. The zero-order chi connectivity index (χ0) is 47.4. The molecule has 65 heavy (non-hydrogen) atoms. The number of aliphatic hydroxyl groups excluding tert-OH is 7. The van der Waals surface area contributed by atoms with E-state index in [2.05, 4.69) is 47.6 Å². The number of rotatable bonds is 9. The lowest BCUT2D eigenvalue weighted by Crippen LogP contribution is -2.67. The van der Waals surface area contributed by atoms with Crippen molar-refractivity contribution in [2.75, 3.05) is 19.8 Å². The molecule has 0 unspecified atom stereocenters. The van der Waals surface area contributed by atoms with E-state index in [1.54, 1.807) is 0 Å². The van der Waals surface area contributed by atoms with Crippen molar-refractivity contribution < 1.29 is 83.6 Å². The van der Waals surface area contributed by atoms with Crippen LogP contribution in [0, 0.1) is 50.2 Å². The summed E-state index contributed by atoms with van der Waals surface area (Å²) in [6, 6.07) is 0. The van der Waals surface area contributed by atoms with Crippen LogP contribution >= 0.6 is 0 Å². The summed E-state index contributed by atoms with van der Waals surface area (Å²) in [4.78, 5) is 24.6. The first kappa shape index (κ1) is 49.6. The van der Waals surface area contributed by atoms with Crippen LogP contribution in [0.15, 0.2) is 11.6 Å². The Morgan fingerprint density at radius 3 is 2.09 bits per heavy atom. The maximum absolute atomic E-state index is 13.1. The second-order valence-corrected chi connectivity index (χ2v) is 23.0. The smallest absolute Gasteiger partial charge is 0.310 e. The summed E-state index contributed by atoms with van der Waals surface area (Å²) in [5, 5.41) is 88.5. The van der Waals surface area contributed by atoms with E-state index in [0.717, 1.165) is 51.9 Å². The molecule has 3 heterocycles. The molecule has 5 aliphatic carbocycles. The van der Waals surface area contributed by atoms with Crippen molar-refractivity contribution in [1.29, 1.82) is 0 Å². The lowest BCUT2D eigenvalue weighted by Gasteiger charge is -2.71. The molecule has 3 saturated heterocycles. The summed E-state index contributed by atoms with van der Waals surface area (Å²) < 4.78 is 41.4. The standard InChI is InChI=1S/C48H76O17/c1-23-32(52)37(64-39-35(55)34(54)28(21-60-39)62-24(2)50)36(56)40(61-23)65-38-33(53)27(51)20-59-41(38)63-31-12-13-44(5)29(45(31,6)22-49)11-14-47(8)30(44)10-9-25-26-19-43(3,4)15-17-48(26,42(57)58)18-16-46(25,47)7/h9,23,26-41,49,51-56H,10-22H2,1-8H3,(H,57,58)/t23-,26+,27-,28+,29-,30+,31+,32-,33-,34-,35+,36+,37+,38+,39-,40-,41-,44+,45-,46+,47+,48-/m0/s1. The van der Waals surface area contributed by atoms with Gasteiger partial charge in [-0.1, -0.05) is 53.2 Å². The molecule has 0 amide bonds. The normalized spacial score (nSPS) is 53.0. The molecular weight excluding hydrogens is 849 g/mol. The van der Waals surface area contributed by atoms with Gasteiger partial charge in [0.25, 0.3) is 0 Å². The molecule has 7 fully saturated rings. The predicted octanol–water partition coefficient (Wildman–Crippen LogP) is 2.56. The average Bonchev–Trinajstić information content (AvgIpc) is 3.24. The highest BCUT2D eigenvalue weighted by atomic mass is 16.8. The molecular formula is C48H76O17. The molecule has 17 heteroatoms. The van der Waals surface area contributed by atoms with Gasteiger partial charge in [-0.3, -0.25) is 9.59 Å². The minimum absolute atomic E-state index is 0.000155. The number of carboxylic acids is 1. The molecule has 0 aromatic heterocycles. The van der Waals surface area contributed by atoms with Crippen LogP contribution in [0.4, 0.5) is 0 Å². The van der Waals surface area contributed by atoms with Gasteiger partial charge in [0, 0.05) is 12.3 Å². The first-order chi connectivity index (χ1) is 30.4. The molecule has 8 N–H and O–H groups in total. The third-order valence-electron chi connectivity index (χ3n) is 19.0. The van der Waals surface area contributed by atoms with Crippen molar-refractivity contribution in [1.82, 2.24) is 0 Å². The Hall–Kier alpha value is -1.84. The van der Waals surface area contributed by atoms with Crippen LogP contribution in [0.1, 0.15) is 120 Å². The second-order valence-electron chi connectivity index (χ2n) is 23.0. The van der Waals surface area contributed by atoms with E-state index in [9.17, 15) is 50.4 Å². The topological polar surface area (TPSA) is 261 Å². The van der Waals surface area contributed by atoms with Gasteiger partial charge in [-0.05, 0) is 111 Å². The zero-order valence-corrected chi connectivity index (χ0v) is 39.3. The molecule has 3 aliphatic heterocycles. The summed E-state index contributed by atoms with van der Waals surface area (Å²) in [5.41, 5.74) is -0.577. The number of allylic oxidation sites excluding steroid dienone is 2. The monoisotopic (exact) mass is 925 g/mol. The summed E-state index contributed by atoms with van der Waals surface area (Å²) in [7, 11) is 0. The average molecular weight is 925 g/mol. The summed E-state index contributed by atoms with van der Waals surface area (Å²) in [6.45, 7) is 15.7. The van der Waals surface area contributed by atoms with Gasteiger partial charge in [-0.25, -0.2) is 0 Å². The van der Waals surface area contributed by atoms with Gasteiger partial charge in [0.2, 0.25) is 0 Å². The molecule has 0 aromatic rings. The van der Waals surface area contributed by atoms with Gasteiger partial charge in [0.05, 0.1) is 37.4 Å². The minimum Gasteiger partial charge on any atom is -0.481 e. The molecule has 22 atom stereocenters. The number of fused-ring (bicyclic) bond motifs is 7. The Balaban J connectivity index is 1.00. The van der Waals surface area contributed by atoms with Crippen LogP contribution in [-0.2, 0) is 42.7 Å². The van der Waals surface area contributed by atoms with E-state index in [1.165, 1.54) is 12.5 Å². The Bertz CT molecular complexity index is 1810. The number of ether oxygens (including phenoxy) is 7. The Morgan fingerprint density at radius 1 is 0.738 bits per heavy atom.